The molecule has 2 rings (SSSR count). The molecule has 1 amide bonds. The zero-order valence-electron chi connectivity index (χ0n) is 10.7. The number of carbonyl (C=O) groups is 1. The number of nitrogens with zero attached hydrogens (tertiary/aromatic N) is 1. The van der Waals surface area contributed by atoms with Gasteiger partial charge in [0, 0.05) is 25.4 Å². The van der Waals surface area contributed by atoms with Gasteiger partial charge in [0.15, 0.2) is 0 Å². The van der Waals surface area contributed by atoms with E-state index in [-0.39, 0.29) is 5.91 Å². The molecule has 17 heavy (non-hydrogen) atoms. The van der Waals surface area contributed by atoms with Crippen LogP contribution in [0.4, 0.5) is 0 Å². The van der Waals surface area contributed by atoms with Gasteiger partial charge in [0.2, 0.25) is 5.91 Å². The summed E-state index contributed by atoms with van der Waals surface area (Å²) < 4.78 is 5.25. The topological polar surface area (TPSA) is 33.5 Å². The van der Waals surface area contributed by atoms with Crippen molar-refractivity contribution in [2.75, 3.05) is 6.54 Å². The average Bonchev–Trinajstić information content (AvgIpc) is 2.99. The van der Waals surface area contributed by atoms with Crippen LogP contribution in [-0.2, 0) is 11.2 Å². The Kier molecular flexibility index (Phi) is 3.87. The van der Waals surface area contributed by atoms with Crippen LogP contribution in [0.15, 0.2) is 22.8 Å². The van der Waals surface area contributed by atoms with E-state index in [0.29, 0.717) is 24.8 Å². The molecule has 1 fully saturated rings. The predicted octanol–water partition coefficient (Wildman–Crippen LogP) is 2.86. The normalized spacial score (nSPS) is 15.2. The molecule has 1 saturated carbocycles. The van der Waals surface area contributed by atoms with Crippen molar-refractivity contribution in [3.63, 3.8) is 0 Å². The Bertz CT molecular complexity index is 352. The third kappa shape index (κ3) is 3.62. The number of hydrogen-bond acceptors (Lipinski definition) is 2. The van der Waals surface area contributed by atoms with Crippen molar-refractivity contribution in [3.05, 3.63) is 24.2 Å². The van der Waals surface area contributed by atoms with Crippen LogP contribution < -0.4 is 0 Å². The fourth-order valence-corrected chi connectivity index (χ4v) is 2.06. The van der Waals surface area contributed by atoms with Gasteiger partial charge in [-0.2, -0.15) is 0 Å². The van der Waals surface area contributed by atoms with Crippen molar-refractivity contribution in [2.24, 2.45) is 5.92 Å². The first-order valence-corrected chi connectivity index (χ1v) is 6.48. The summed E-state index contributed by atoms with van der Waals surface area (Å²) in [5, 5.41) is 0. The van der Waals surface area contributed by atoms with Gasteiger partial charge in [0.05, 0.1) is 6.26 Å². The molecule has 0 aromatic carbocycles. The third-order valence-corrected chi connectivity index (χ3v) is 3.04. The van der Waals surface area contributed by atoms with Crippen molar-refractivity contribution < 1.29 is 9.21 Å². The van der Waals surface area contributed by atoms with Crippen LogP contribution >= 0.6 is 0 Å². The highest BCUT2D eigenvalue weighted by Crippen LogP contribution is 2.28. The molecule has 0 unspecified atom stereocenters. The summed E-state index contributed by atoms with van der Waals surface area (Å²) in [6.07, 6.45) is 5.30. The first-order chi connectivity index (χ1) is 8.16. The van der Waals surface area contributed by atoms with Crippen LogP contribution in [0.25, 0.3) is 0 Å². The van der Waals surface area contributed by atoms with E-state index in [4.69, 9.17) is 4.42 Å². The summed E-state index contributed by atoms with van der Waals surface area (Å²) in [4.78, 5) is 14.2. The molecule has 0 aliphatic heterocycles. The Morgan fingerprint density at radius 3 is 2.82 bits per heavy atom. The maximum absolute atomic E-state index is 12.1. The first-order valence-electron chi connectivity index (χ1n) is 6.48. The zero-order chi connectivity index (χ0) is 12.3. The Labute approximate surface area is 103 Å². The first kappa shape index (κ1) is 12.2. The molecule has 1 aromatic heterocycles. The van der Waals surface area contributed by atoms with Crippen LogP contribution in [0.5, 0.6) is 0 Å². The molecule has 0 spiro atoms. The fourth-order valence-electron chi connectivity index (χ4n) is 2.06. The van der Waals surface area contributed by atoms with E-state index >= 15 is 0 Å². The van der Waals surface area contributed by atoms with Crippen LogP contribution in [0.3, 0.4) is 0 Å². The van der Waals surface area contributed by atoms with Gasteiger partial charge in [0.25, 0.3) is 0 Å². The van der Waals surface area contributed by atoms with Crippen LogP contribution in [-0.4, -0.2) is 23.4 Å². The SMILES string of the molecule is CC(C)CN(C(=O)CCc1ccco1)C1CC1. The molecule has 0 bridgehead atoms. The molecule has 1 aliphatic rings. The molecule has 94 valence electrons. The smallest absolute Gasteiger partial charge is 0.223 e. The lowest BCUT2D eigenvalue weighted by Crippen LogP contribution is -2.36. The van der Waals surface area contributed by atoms with E-state index in [1.54, 1.807) is 6.26 Å². The molecule has 0 saturated heterocycles. The minimum absolute atomic E-state index is 0.276. The fraction of sp³-hybridized carbons (Fsp3) is 0.643. The number of hydrogen-bond donors (Lipinski definition) is 0. The summed E-state index contributed by atoms with van der Waals surface area (Å²) in [6, 6.07) is 4.31. The molecule has 3 heteroatoms. The largest absolute Gasteiger partial charge is 0.469 e. The number of rotatable bonds is 6. The highest BCUT2D eigenvalue weighted by molar-refractivity contribution is 5.77. The van der Waals surface area contributed by atoms with Crippen molar-refractivity contribution in [3.8, 4) is 0 Å². The van der Waals surface area contributed by atoms with Gasteiger partial charge >= 0.3 is 0 Å². The number of aryl methyl sites for hydroxylation is 1. The van der Waals surface area contributed by atoms with E-state index in [1.165, 1.54) is 12.8 Å². The summed E-state index contributed by atoms with van der Waals surface area (Å²) in [6.45, 7) is 5.21. The molecule has 0 radical (unpaired) electrons. The molecule has 0 N–H and O–H groups in total. The van der Waals surface area contributed by atoms with Gasteiger partial charge in [-0.3, -0.25) is 4.79 Å². The maximum Gasteiger partial charge on any atom is 0.223 e. The van der Waals surface area contributed by atoms with E-state index in [2.05, 4.69) is 18.7 Å². The van der Waals surface area contributed by atoms with Crippen LogP contribution in [0.1, 0.15) is 38.9 Å². The van der Waals surface area contributed by atoms with Crippen molar-refractivity contribution in [1.82, 2.24) is 4.90 Å². The Morgan fingerprint density at radius 1 is 1.53 bits per heavy atom. The summed E-state index contributed by atoms with van der Waals surface area (Å²) >= 11 is 0. The van der Waals surface area contributed by atoms with Gasteiger partial charge in [-0.25, -0.2) is 0 Å². The highest BCUT2D eigenvalue weighted by Gasteiger charge is 2.32. The number of furan rings is 1. The Morgan fingerprint density at radius 2 is 2.29 bits per heavy atom. The summed E-state index contributed by atoms with van der Waals surface area (Å²) in [7, 11) is 0. The molecular weight excluding hydrogens is 214 g/mol. The summed E-state index contributed by atoms with van der Waals surface area (Å²) in [5.41, 5.74) is 0. The van der Waals surface area contributed by atoms with Gasteiger partial charge in [-0.15, -0.1) is 0 Å². The van der Waals surface area contributed by atoms with E-state index in [9.17, 15) is 4.79 Å². The zero-order valence-corrected chi connectivity index (χ0v) is 10.7. The quantitative estimate of drug-likeness (QED) is 0.759. The van der Waals surface area contributed by atoms with Crippen molar-refractivity contribution in [2.45, 2.75) is 45.6 Å². The van der Waals surface area contributed by atoms with E-state index in [0.717, 1.165) is 12.3 Å². The van der Waals surface area contributed by atoms with Gasteiger partial charge in [-0.05, 0) is 30.9 Å². The average molecular weight is 235 g/mol. The minimum atomic E-state index is 0.276. The molecule has 1 aromatic rings. The highest BCUT2D eigenvalue weighted by atomic mass is 16.3. The number of amides is 1. The third-order valence-electron chi connectivity index (χ3n) is 3.04. The minimum Gasteiger partial charge on any atom is -0.469 e. The van der Waals surface area contributed by atoms with Crippen molar-refractivity contribution in [1.29, 1.82) is 0 Å². The molecular formula is C14H21NO2. The van der Waals surface area contributed by atoms with E-state index in [1.807, 2.05) is 12.1 Å². The molecule has 1 aliphatic carbocycles. The van der Waals surface area contributed by atoms with Gasteiger partial charge in [0.1, 0.15) is 5.76 Å². The predicted molar refractivity (Wildman–Crippen MR) is 66.6 cm³/mol. The lowest BCUT2D eigenvalue weighted by Gasteiger charge is -2.24. The van der Waals surface area contributed by atoms with Gasteiger partial charge in [-0.1, -0.05) is 13.8 Å². The van der Waals surface area contributed by atoms with Crippen LogP contribution in [0.2, 0.25) is 0 Å². The Hall–Kier alpha value is -1.25. The maximum atomic E-state index is 12.1. The van der Waals surface area contributed by atoms with E-state index < -0.39 is 0 Å². The molecule has 1 heterocycles. The number of carbonyl (C=O) groups excluding carboxylic acids is 1. The van der Waals surface area contributed by atoms with Gasteiger partial charge < -0.3 is 9.32 Å². The Balaban J connectivity index is 1.83. The second-order valence-electron chi connectivity index (χ2n) is 5.25. The van der Waals surface area contributed by atoms with Crippen LogP contribution in [0, 0.1) is 5.92 Å². The monoisotopic (exact) mass is 235 g/mol. The lowest BCUT2D eigenvalue weighted by atomic mass is 10.1. The summed E-state index contributed by atoms with van der Waals surface area (Å²) in [5.74, 6) is 1.72. The second kappa shape index (κ2) is 5.39. The molecule has 3 nitrogen and oxygen atoms in total. The lowest BCUT2D eigenvalue weighted by molar-refractivity contribution is -0.132. The molecule has 0 atom stereocenters. The second-order valence-corrected chi connectivity index (χ2v) is 5.25. The standard InChI is InChI=1S/C14H21NO2/c1-11(2)10-15(12-5-6-12)14(16)8-7-13-4-3-9-17-13/h3-4,9,11-12H,5-8,10H2,1-2H3. The van der Waals surface area contributed by atoms with Crippen molar-refractivity contribution >= 4 is 5.91 Å².